The molecule has 3 N–H and O–H groups in total. The van der Waals surface area contributed by atoms with Gasteiger partial charge in [0, 0.05) is 17.9 Å². The minimum absolute atomic E-state index is 0.111. The summed E-state index contributed by atoms with van der Waals surface area (Å²) in [6.07, 6.45) is 7.29. The Morgan fingerprint density at radius 2 is 2.18 bits per heavy atom. The second-order valence-corrected chi connectivity index (χ2v) is 4.47. The van der Waals surface area contributed by atoms with E-state index in [0.29, 0.717) is 11.9 Å². The number of nitrogens with one attached hydrogen (secondary N) is 1. The number of nitrogen functional groups attached to an aromatic ring is 1. The minimum atomic E-state index is 0.111. The van der Waals surface area contributed by atoms with Crippen LogP contribution in [0.1, 0.15) is 19.8 Å². The first-order valence-corrected chi connectivity index (χ1v) is 5.43. The van der Waals surface area contributed by atoms with Gasteiger partial charge in [-0.3, -0.25) is 4.57 Å². The van der Waals surface area contributed by atoms with Gasteiger partial charge in [-0.2, -0.15) is 15.0 Å². The molecule has 1 fully saturated rings. The van der Waals surface area contributed by atoms with Gasteiger partial charge in [0.2, 0.25) is 17.8 Å². The second-order valence-electron chi connectivity index (χ2n) is 4.47. The van der Waals surface area contributed by atoms with Gasteiger partial charge in [-0.15, -0.1) is 0 Å². The summed E-state index contributed by atoms with van der Waals surface area (Å²) in [6.45, 7) is 2.13. The monoisotopic (exact) mass is 231 g/mol. The minimum Gasteiger partial charge on any atom is -0.368 e. The van der Waals surface area contributed by atoms with E-state index in [9.17, 15) is 0 Å². The van der Waals surface area contributed by atoms with Crippen molar-refractivity contribution in [2.24, 2.45) is 0 Å². The van der Waals surface area contributed by atoms with E-state index < -0.39 is 0 Å². The highest BCUT2D eigenvalue weighted by atomic mass is 15.3. The molecule has 1 aliphatic rings. The topological polar surface area (TPSA) is 94.5 Å². The van der Waals surface area contributed by atoms with Crippen LogP contribution in [0.15, 0.2) is 18.7 Å². The maximum atomic E-state index is 5.67. The van der Waals surface area contributed by atoms with E-state index in [1.54, 1.807) is 23.3 Å². The van der Waals surface area contributed by atoms with E-state index in [1.807, 2.05) is 0 Å². The molecular formula is C10H13N7. The summed E-state index contributed by atoms with van der Waals surface area (Å²) in [5, 5.41) is 3.26. The molecule has 0 atom stereocenters. The van der Waals surface area contributed by atoms with Gasteiger partial charge in [0.15, 0.2) is 0 Å². The van der Waals surface area contributed by atoms with Crippen LogP contribution in [-0.2, 0) is 0 Å². The van der Waals surface area contributed by atoms with Crippen LogP contribution >= 0.6 is 0 Å². The van der Waals surface area contributed by atoms with Crippen molar-refractivity contribution in [3.63, 3.8) is 0 Å². The molecule has 0 spiro atoms. The lowest BCUT2D eigenvalue weighted by molar-refractivity contribution is 0.798. The van der Waals surface area contributed by atoms with Gasteiger partial charge in [-0.1, -0.05) is 0 Å². The number of hydrogen-bond donors (Lipinski definition) is 2. The van der Waals surface area contributed by atoms with Crippen molar-refractivity contribution in [3.05, 3.63) is 18.7 Å². The lowest BCUT2D eigenvalue weighted by atomic mass is 10.3. The van der Waals surface area contributed by atoms with Crippen LogP contribution in [0, 0.1) is 0 Å². The summed E-state index contributed by atoms with van der Waals surface area (Å²) in [5.74, 6) is 1.19. The predicted molar refractivity (Wildman–Crippen MR) is 62.6 cm³/mol. The third kappa shape index (κ3) is 2.03. The van der Waals surface area contributed by atoms with Crippen LogP contribution in [0.2, 0.25) is 0 Å². The van der Waals surface area contributed by atoms with Crippen LogP contribution in [0.25, 0.3) is 5.95 Å². The summed E-state index contributed by atoms with van der Waals surface area (Å²) in [5.41, 5.74) is 5.78. The lowest BCUT2D eigenvalue weighted by Gasteiger charge is -2.12. The molecule has 0 aliphatic heterocycles. The number of anilines is 2. The van der Waals surface area contributed by atoms with E-state index >= 15 is 0 Å². The molecular weight excluding hydrogens is 218 g/mol. The van der Waals surface area contributed by atoms with Gasteiger partial charge in [0.05, 0.1) is 0 Å². The molecule has 0 unspecified atom stereocenters. The highest BCUT2D eigenvalue weighted by molar-refractivity contribution is 5.39. The Labute approximate surface area is 98.1 Å². The maximum Gasteiger partial charge on any atom is 0.241 e. The molecule has 2 aromatic heterocycles. The summed E-state index contributed by atoms with van der Waals surface area (Å²) >= 11 is 0. The van der Waals surface area contributed by atoms with E-state index in [1.165, 1.54) is 0 Å². The Morgan fingerprint density at radius 3 is 2.82 bits per heavy atom. The van der Waals surface area contributed by atoms with Crippen LogP contribution in [0.3, 0.4) is 0 Å². The van der Waals surface area contributed by atoms with Crippen molar-refractivity contribution in [2.75, 3.05) is 11.1 Å². The van der Waals surface area contributed by atoms with E-state index in [4.69, 9.17) is 5.73 Å². The predicted octanol–water partition coefficient (Wildman–Crippen LogP) is 0.604. The Bertz CT molecular complexity index is 530. The zero-order valence-corrected chi connectivity index (χ0v) is 9.46. The van der Waals surface area contributed by atoms with Crippen LogP contribution < -0.4 is 11.1 Å². The van der Waals surface area contributed by atoms with Crippen molar-refractivity contribution in [2.45, 2.75) is 25.3 Å². The van der Waals surface area contributed by atoms with E-state index in [-0.39, 0.29) is 11.5 Å². The fraction of sp³-hybridized carbons (Fsp3) is 0.400. The fourth-order valence-corrected chi connectivity index (χ4v) is 1.51. The summed E-state index contributed by atoms with van der Waals surface area (Å²) in [7, 11) is 0. The molecule has 88 valence electrons. The first kappa shape index (κ1) is 10.0. The average molecular weight is 231 g/mol. The molecule has 7 heteroatoms. The zero-order chi connectivity index (χ0) is 11.9. The fourth-order valence-electron chi connectivity index (χ4n) is 1.51. The maximum absolute atomic E-state index is 5.67. The number of hydrogen-bond acceptors (Lipinski definition) is 6. The Morgan fingerprint density at radius 1 is 1.35 bits per heavy atom. The van der Waals surface area contributed by atoms with E-state index in [2.05, 4.69) is 32.2 Å². The zero-order valence-electron chi connectivity index (χ0n) is 9.46. The van der Waals surface area contributed by atoms with E-state index in [0.717, 1.165) is 12.8 Å². The largest absolute Gasteiger partial charge is 0.368 e. The lowest BCUT2D eigenvalue weighted by Crippen LogP contribution is -2.19. The van der Waals surface area contributed by atoms with Crippen molar-refractivity contribution in [1.29, 1.82) is 0 Å². The standard InChI is InChI=1S/C10H13N7/c1-10(2-3-10)16-8-13-7(11)14-9(15-8)17-5-4-12-6-17/h4-6H,2-3H2,1H3,(H3,11,13,14,15,16). The molecule has 1 aliphatic carbocycles. The number of imidazole rings is 1. The first-order valence-electron chi connectivity index (χ1n) is 5.43. The molecule has 2 aromatic rings. The van der Waals surface area contributed by atoms with Crippen molar-refractivity contribution >= 4 is 11.9 Å². The molecule has 7 nitrogen and oxygen atoms in total. The Hall–Kier alpha value is -2.18. The molecule has 3 rings (SSSR count). The summed E-state index contributed by atoms with van der Waals surface area (Å²) in [4.78, 5) is 16.4. The van der Waals surface area contributed by atoms with Gasteiger partial charge < -0.3 is 11.1 Å². The number of aromatic nitrogens is 5. The Kier molecular flexibility index (Phi) is 2.01. The molecule has 0 saturated heterocycles. The summed E-state index contributed by atoms with van der Waals surface area (Å²) in [6, 6.07) is 0. The van der Waals surface area contributed by atoms with Crippen LogP contribution in [-0.4, -0.2) is 30.0 Å². The van der Waals surface area contributed by atoms with Gasteiger partial charge in [0.25, 0.3) is 0 Å². The molecule has 2 heterocycles. The smallest absolute Gasteiger partial charge is 0.241 e. The third-order valence-corrected chi connectivity index (χ3v) is 2.79. The SMILES string of the molecule is CC1(Nc2nc(N)nc(-n3ccnc3)n2)CC1. The van der Waals surface area contributed by atoms with Crippen molar-refractivity contribution in [3.8, 4) is 5.95 Å². The van der Waals surface area contributed by atoms with Crippen molar-refractivity contribution < 1.29 is 0 Å². The molecule has 17 heavy (non-hydrogen) atoms. The van der Waals surface area contributed by atoms with Crippen molar-refractivity contribution in [1.82, 2.24) is 24.5 Å². The molecule has 0 bridgehead atoms. The summed E-state index contributed by atoms with van der Waals surface area (Å²) < 4.78 is 1.69. The van der Waals surface area contributed by atoms with Gasteiger partial charge >= 0.3 is 0 Å². The number of nitrogens with two attached hydrogens (primary N) is 1. The van der Waals surface area contributed by atoms with Crippen LogP contribution in [0.4, 0.5) is 11.9 Å². The molecule has 0 radical (unpaired) electrons. The molecule has 0 aromatic carbocycles. The quantitative estimate of drug-likeness (QED) is 0.803. The van der Waals surface area contributed by atoms with Gasteiger partial charge in [0.1, 0.15) is 6.33 Å². The second kappa shape index (κ2) is 3.41. The highest BCUT2D eigenvalue weighted by Crippen LogP contribution is 2.37. The van der Waals surface area contributed by atoms with Gasteiger partial charge in [-0.05, 0) is 19.8 Å². The Balaban J connectivity index is 1.95. The highest BCUT2D eigenvalue weighted by Gasteiger charge is 2.38. The van der Waals surface area contributed by atoms with Gasteiger partial charge in [-0.25, -0.2) is 4.98 Å². The number of nitrogens with zero attached hydrogens (tertiary/aromatic N) is 5. The molecule has 1 saturated carbocycles. The first-order chi connectivity index (χ1) is 8.15. The normalized spacial score (nSPS) is 16.8. The third-order valence-electron chi connectivity index (χ3n) is 2.79. The molecule has 0 amide bonds. The average Bonchev–Trinajstić information content (AvgIpc) is 2.83. The number of rotatable bonds is 3. The van der Waals surface area contributed by atoms with Crippen LogP contribution in [0.5, 0.6) is 0 Å².